The lowest BCUT2D eigenvalue weighted by molar-refractivity contribution is 0.133. The normalized spacial score (nSPS) is 16.3. The highest BCUT2D eigenvalue weighted by atomic mass is 19.1. The molecule has 1 heterocycles. The van der Waals surface area contributed by atoms with Gasteiger partial charge in [0.25, 0.3) is 0 Å². The van der Waals surface area contributed by atoms with Crippen LogP contribution in [0.3, 0.4) is 0 Å². The highest BCUT2D eigenvalue weighted by molar-refractivity contribution is 5.39. The van der Waals surface area contributed by atoms with Crippen LogP contribution in [-0.4, -0.2) is 62.7 Å². The molecule has 0 amide bonds. The van der Waals surface area contributed by atoms with E-state index in [1.54, 1.807) is 12.1 Å². The Bertz CT molecular complexity index is 516. The number of hydrogen-bond acceptors (Lipinski definition) is 4. The molecule has 2 N–H and O–H groups in total. The first-order valence-electron chi connectivity index (χ1n) is 7.21. The Labute approximate surface area is 125 Å². The number of nitrogens with zero attached hydrogens (tertiary/aromatic N) is 2. The maximum absolute atomic E-state index is 13.8. The highest BCUT2D eigenvalue weighted by Gasteiger charge is 2.13. The summed E-state index contributed by atoms with van der Waals surface area (Å²) in [6, 6.07) is 4.75. The molecule has 0 spiro atoms. The molecule has 0 aromatic heterocycles. The molecule has 1 aromatic carbocycles. The fourth-order valence-corrected chi connectivity index (χ4v) is 2.20. The molecule has 1 aliphatic rings. The van der Waals surface area contributed by atoms with E-state index >= 15 is 0 Å². The third-order valence-corrected chi connectivity index (χ3v) is 3.54. The Kier molecular flexibility index (Phi) is 6.00. The van der Waals surface area contributed by atoms with Crippen LogP contribution in [0.15, 0.2) is 18.2 Å². The molecule has 0 aliphatic carbocycles. The summed E-state index contributed by atoms with van der Waals surface area (Å²) in [6.45, 7) is 5.94. The van der Waals surface area contributed by atoms with Crippen molar-refractivity contribution in [3.8, 4) is 17.6 Å². The van der Waals surface area contributed by atoms with E-state index in [0.29, 0.717) is 17.9 Å². The molecule has 5 heteroatoms. The lowest BCUT2D eigenvalue weighted by atomic mass is 10.2. The largest absolute Gasteiger partial charge is 0.492 e. The van der Waals surface area contributed by atoms with Crippen molar-refractivity contribution in [2.45, 2.75) is 0 Å². The van der Waals surface area contributed by atoms with Crippen molar-refractivity contribution in [2.75, 3.05) is 52.9 Å². The Hall–Kier alpha value is -1.61. The zero-order chi connectivity index (χ0) is 15.1. The van der Waals surface area contributed by atoms with Crippen molar-refractivity contribution >= 4 is 0 Å². The predicted molar refractivity (Wildman–Crippen MR) is 81.8 cm³/mol. The molecule has 0 saturated carbocycles. The van der Waals surface area contributed by atoms with E-state index in [-0.39, 0.29) is 12.4 Å². The van der Waals surface area contributed by atoms with Gasteiger partial charge in [0.2, 0.25) is 0 Å². The van der Waals surface area contributed by atoms with Crippen LogP contribution in [0.5, 0.6) is 5.75 Å². The van der Waals surface area contributed by atoms with E-state index in [2.05, 4.69) is 28.7 Å². The fraction of sp³-hybridized carbons (Fsp3) is 0.500. The van der Waals surface area contributed by atoms with Gasteiger partial charge in [-0.3, -0.25) is 4.90 Å². The van der Waals surface area contributed by atoms with Gasteiger partial charge in [-0.1, -0.05) is 11.8 Å². The number of hydrogen-bond donors (Lipinski definition) is 1. The van der Waals surface area contributed by atoms with Crippen LogP contribution in [-0.2, 0) is 0 Å². The number of piperazine rings is 1. The summed E-state index contributed by atoms with van der Waals surface area (Å²) in [4.78, 5) is 4.67. The summed E-state index contributed by atoms with van der Waals surface area (Å²) < 4.78 is 19.4. The van der Waals surface area contributed by atoms with Gasteiger partial charge < -0.3 is 15.4 Å². The van der Waals surface area contributed by atoms with Gasteiger partial charge in [0.15, 0.2) is 0 Å². The summed E-state index contributed by atoms with van der Waals surface area (Å²) in [7, 11) is 2.13. The molecule has 0 atom stereocenters. The second-order valence-corrected chi connectivity index (χ2v) is 5.14. The predicted octanol–water partition coefficient (Wildman–Crippen LogP) is 0.762. The van der Waals surface area contributed by atoms with E-state index in [4.69, 9.17) is 10.5 Å². The van der Waals surface area contributed by atoms with Gasteiger partial charge >= 0.3 is 0 Å². The van der Waals surface area contributed by atoms with Crippen molar-refractivity contribution in [1.29, 1.82) is 0 Å². The van der Waals surface area contributed by atoms with Crippen molar-refractivity contribution in [3.63, 3.8) is 0 Å². The lowest BCUT2D eigenvalue weighted by Crippen LogP contribution is -2.45. The van der Waals surface area contributed by atoms with Crippen LogP contribution in [0, 0.1) is 17.7 Å². The van der Waals surface area contributed by atoms with E-state index in [0.717, 1.165) is 32.7 Å². The molecule has 1 fully saturated rings. The van der Waals surface area contributed by atoms with Crippen LogP contribution in [0.1, 0.15) is 5.56 Å². The second-order valence-electron chi connectivity index (χ2n) is 5.14. The first kappa shape index (κ1) is 15.8. The Morgan fingerprint density at radius 3 is 2.71 bits per heavy atom. The quantitative estimate of drug-likeness (QED) is 0.832. The number of rotatable bonds is 4. The zero-order valence-corrected chi connectivity index (χ0v) is 12.4. The average molecular weight is 291 g/mol. The molecule has 1 saturated heterocycles. The third-order valence-electron chi connectivity index (χ3n) is 3.54. The molecule has 1 aliphatic heterocycles. The van der Waals surface area contributed by atoms with Crippen LogP contribution in [0.2, 0.25) is 0 Å². The summed E-state index contributed by atoms with van der Waals surface area (Å²) in [5, 5.41) is 0. The fourth-order valence-electron chi connectivity index (χ4n) is 2.20. The molecular weight excluding hydrogens is 269 g/mol. The van der Waals surface area contributed by atoms with Gasteiger partial charge in [-0.15, -0.1) is 0 Å². The maximum Gasteiger partial charge on any atom is 0.142 e. The van der Waals surface area contributed by atoms with Crippen molar-refractivity contribution < 1.29 is 9.13 Å². The SMILES string of the molecule is CN1CCN(CCOc2ccc(C#CCN)c(F)c2)CC1. The van der Waals surface area contributed by atoms with Gasteiger partial charge in [-0.05, 0) is 19.2 Å². The molecule has 4 nitrogen and oxygen atoms in total. The molecule has 1 aromatic rings. The summed E-state index contributed by atoms with van der Waals surface area (Å²) in [5.74, 6) is 5.51. The van der Waals surface area contributed by atoms with Crippen LogP contribution >= 0.6 is 0 Å². The van der Waals surface area contributed by atoms with Gasteiger partial charge in [-0.2, -0.15) is 0 Å². The number of halogens is 1. The summed E-state index contributed by atoms with van der Waals surface area (Å²) >= 11 is 0. The molecule has 0 bridgehead atoms. The molecule has 0 radical (unpaired) electrons. The van der Waals surface area contributed by atoms with Gasteiger partial charge in [0, 0.05) is 38.8 Å². The zero-order valence-electron chi connectivity index (χ0n) is 12.4. The maximum atomic E-state index is 13.8. The van der Waals surface area contributed by atoms with Gasteiger partial charge in [0.1, 0.15) is 18.2 Å². The van der Waals surface area contributed by atoms with E-state index in [1.165, 1.54) is 6.07 Å². The van der Waals surface area contributed by atoms with Crippen molar-refractivity contribution in [2.24, 2.45) is 5.73 Å². The van der Waals surface area contributed by atoms with E-state index in [1.807, 2.05) is 0 Å². The number of likely N-dealkylation sites (N-methyl/N-ethyl adjacent to an activating group) is 1. The number of ether oxygens (including phenoxy) is 1. The minimum Gasteiger partial charge on any atom is -0.492 e. The Morgan fingerprint density at radius 2 is 2.05 bits per heavy atom. The lowest BCUT2D eigenvalue weighted by Gasteiger charge is -2.32. The van der Waals surface area contributed by atoms with E-state index in [9.17, 15) is 4.39 Å². The summed E-state index contributed by atoms with van der Waals surface area (Å²) in [5.41, 5.74) is 5.63. The first-order valence-corrected chi connectivity index (χ1v) is 7.21. The van der Waals surface area contributed by atoms with Crippen molar-refractivity contribution in [1.82, 2.24) is 9.80 Å². The highest BCUT2D eigenvalue weighted by Crippen LogP contribution is 2.16. The molecular formula is C16H22FN3O. The minimum atomic E-state index is -0.368. The summed E-state index contributed by atoms with van der Waals surface area (Å²) in [6.07, 6.45) is 0. The molecule has 114 valence electrons. The van der Waals surface area contributed by atoms with Crippen LogP contribution < -0.4 is 10.5 Å². The standard InChI is InChI=1S/C16H22FN3O/c1-19-7-9-20(10-8-19)11-12-21-15-5-4-14(3-2-6-18)16(17)13-15/h4-5,13H,6-12,18H2,1H3. The van der Waals surface area contributed by atoms with Gasteiger partial charge in [0.05, 0.1) is 12.1 Å². The van der Waals surface area contributed by atoms with E-state index < -0.39 is 0 Å². The van der Waals surface area contributed by atoms with Crippen molar-refractivity contribution in [3.05, 3.63) is 29.6 Å². The average Bonchev–Trinajstić information content (AvgIpc) is 2.48. The molecule has 0 unspecified atom stereocenters. The number of benzene rings is 1. The number of nitrogens with two attached hydrogens (primary N) is 1. The molecule has 21 heavy (non-hydrogen) atoms. The third kappa shape index (κ3) is 5.01. The first-order chi connectivity index (χ1) is 10.2. The monoisotopic (exact) mass is 291 g/mol. The molecule has 2 rings (SSSR count). The van der Waals surface area contributed by atoms with Gasteiger partial charge in [-0.25, -0.2) is 4.39 Å². The second kappa shape index (κ2) is 7.99. The topological polar surface area (TPSA) is 41.7 Å². The minimum absolute atomic E-state index is 0.225. The Morgan fingerprint density at radius 1 is 1.29 bits per heavy atom. The van der Waals surface area contributed by atoms with Crippen LogP contribution in [0.4, 0.5) is 4.39 Å². The smallest absolute Gasteiger partial charge is 0.142 e. The Balaban J connectivity index is 1.79. The van der Waals surface area contributed by atoms with Crippen LogP contribution in [0.25, 0.3) is 0 Å².